The van der Waals surface area contributed by atoms with E-state index >= 15 is 0 Å². The molecule has 23 heavy (non-hydrogen) atoms. The minimum Gasteiger partial charge on any atom is -0.378 e. The van der Waals surface area contributed by atoms with E-state index in [4.69, 9.17) is 0 Å². The van der Waals surface area contributed by atoms with Crippen LogP contribution >= 0.6 is 35.7 Å². The average Bonchev–Trinajstić information content (AvgIpc) is 2.56. The molecule has 2 rings (SSSR count). The summed E-state index contributed by atoms with van der Waals surface area (Å²) in [7, 11) is 6.00. The van der Waals surface area contributed by atoms with Crippen molar-refractivity contribution in [2.75, 3.05) is 44.9 Å². The summed E-state index contributed by atoms with van der Waals surface area (Å²) in [5, 5.41) is 4.23. The first-order chi connectivity index (χ1) is 10.6. The summed E-state index contributed by atoms with van der Waals surface area (Å²) in [6, 6.07) is 8.67. The van der Waals surface area contributed by atoms with Crippen molar-refractivity contribution < 1.29 is 0 Å². The molecule has 1 aliphatic rings. The molecule has 0 aliphatic carbocycles. The summed E-state index contributed by atoms with van der Waals surface area (Å²) in [5.74, 6) is 2.21. The van der Waals surface area contributed by atoms with Crippen molar-refractivity contribution in [3.8, 4) is 0 Å². The molecule has 0 bridgehead atoms. The third-order valence-corrected chi connectivity index (χ3v) is 5.38. The Hall–Kier alpha value is -0.630. The molecule has 0 saturated carbocycles. The lowest BCUT2D eigenvalue weighted by molar-refractivity contribution is 0.408. The van der Waals surface area contributed by atoms with Gasteiger partial charge in [0, 0.05) is 57.5 Å². The lowest BCUT2D eigenvalue weighted by Crippen LogP contribution is -2.47. The molecular weight excluding hydrogens is 419 g/mol. The maximum atomic E-state index is 4.46. The number of benzene rings is 1. The zero-order valence-electron chi connectivity index (χ0n) is 14.6. The van der Waals surface area contributed by atoms with E-state index in [1.54, 1.807) is 0 Å². The van der Waals surface area contributed by atoms with Crippen LogP contribution in [0.4, 0.5) is 5.69 Å². The van der Waals surface area contributed by atoms with Gasteiger partial charge >= 0.3 is 0 Å². The van der Waals surface area contributed by atoms with Crippen molar-refractivity contribution >= 4 is 47.4 Å². The van der Waals surface area contributed by atoms with E-state index in [1.165, 1.54) is 23.4 Å². The average molecular weight is 448 g/mol. The fourth-order valence-electron chi connectivity index (χ4n) is 2.58. The van der Waals surface area contributed by atoms with Crippen LogP contribution in [0.25, 0.3) is 0 Å². The topological polar surface area (TPSA) is 30.9 Å². The molecule has 1 aromatic carbocycles. The Morgan fingerprint density at radius 3 is 2.61 bits per heavy atom. The zero-order valence-corrected chi connectivity index (χ0v) is 17.7. The van der Waals surface area contributed by atoms with Crippen LogP contribution in [0.1, 0.15) is 18.9 Å². The SMILES string of the molecule is CCC1CN(C(=NC)NCc2ccc(N(C)C)cc2)CCS1.I. The predicted octanol–water partition coefficient (Wildman–Crippen LogP) is 3.27. The number of aliphatic imine (C=N–C) groups is 1. The van der Waals surface area contributed by atoms with Crippen LogP contribution in [0.5, 0.6) is 0 Å². The van der Waals surface area contributed by atoms with Gasteiger partial charge in [-0.1, -0.05) is 19.1 Å². The molecule has 1 unspecified atom stereocenters. The van der Waals surface area contributed by atoms with Gasteiger partial charge in [-0.05, 0) is 24.1 Å². The number of hydrogen-bond acceptors (Lipinski definition) is 3. The second-order valence-corrected chi connectivity index (χ2v) is 7.22. The smallest absolute Gasteiger partial charge is 0.193 e. The molecule has 0 aromatic heterocycles. The largest absolute Gasteiger partial charge is 0.378 e. The Morgan fingerprint density at radius 1 is 1.35 bits per heavy atom. The summed E-state index contributed by atoms with van der Waals surface area (Å²) in [4.78, 5) is 8.96. The van der Waals surface area contributed by atoms with Crippen LogP contribution in [0.3, 0.4) is 0 Å². The van der Waals surface area contributed by atoms with E-state index in [0.29, 0.717) is 0 Å². The van der Waals surface area contributed by atoms with Crippen molar-refractivity contribution in [3.05, 3.63) is 29.8 Å². The Labute approximate surface area is 162 Å². The van der Waals surface area contributed by atoms with Crippen molar-refractivity contribution in [2.45, 2.75) is 25.1 Å². The number of nitrogens with one attached hydrogen (secondary N) is 1. The zero-order chi connectivity index (χ0) is 15.9. The summed E-state index contributed by atoms with van der Waals surface area (Å²) < 4.78 is 0. The third kappa shape index (κ3) is 6.06. The van der Waals surface area contributed by atoms with Crippen LogP contribution in [0.15, 0.2) is 29.3 Å². The molecular formula is C17H29IN4S. The first-order valence-corrected chi connectivity index (χ1v) is 9.02. The molecule has 0 amide bonds. The van der Waals surface area contributed by atoms with Gasteiger partial charge in [0.05, 0.1) is 0 Å². The second-order valence-electron chi connectivity index (χ2n) is 5.81. The highest BCUT2D eigenvalue weighted by Gasteiger charge is 2.21. The summed E-state index contributed by atoms with van der Waals surface area (Å²) in [5.41, 5.74) is 2.51. The second kappa shape index (κ2) is 10.3. The molecule has 1 atom stereocenters. The number of halogens is 1. The van der Waals surface area contributed by atoms with Gasteiger partial charge in [-0.2, -0.15) is 11.8 Å². The monoisotopic (exact) mass is 448 g/mol. The maximum absolute atomic E-state index is 4.46. The van der Waals surface area contributed by atoms with Gasteiger partial charge in [-0.25, -0.2) is 0 Å². The van der Waals surface area contributed by atoms with Crippen molar-refractivity contribution in [2.24, 2.45) is 4.99 Å². The first kappa shape index (κ1) is 20.4. The molecule has 1 saturated heterocycles. The Balaban J connectivity index is 0.00000264. The Morgan fingerprint density at radius 2 is 2.04 bits per heavy atom. The number of guanidine groups is 1. The number of thioether (sulfide) groups is 1. The van der Waals surface area contributed by atoms with E-state index in [9.17, 15) is 0 Å². The highest BCUT2D eigenvalue weighted by molar-refractivity contribution is 14.0. The van der Waals surface area contributed by atoms with E-state index < -0.39 is 0 Å². The summed E-state index contributed by atoms with van der Waals surface area (Å²) in [6.07, 6.45) is 1.23. The number of hydrogen-bond donors (Lipinski definition) is 1. The molecule has 4 nitrogen and oxygen atoms in total. The lowest BCUT2D eigenvalue weighted by atomic mass is 10.2. The van der Waals surface area contributed by atoms with Gasteiger partial charge in [0.15, 0.2) is 5.96 Å². The molecule has 0 radical (unpaired) electrons. The highest BCUT2D eigenvalue weighted by atomic mass is 127. The van der Waals surface area contributed by atoms with Gasteiger partial charge < -0.3 is 15.1 Å². The van der Waals surface area contributed by atoms with Gasteiger partial charge in [0.25, 0.3) is 0 Å². The van der Waals surface area contributed by atoms with Gasteiger partial charge in [-0.15, -0.1) is 24.0 Å². The summed E-state index contributed by atoms with van der Waals surface area (Å²) >= 11 is 2.08. The number of rotatable bonds is 4. The highest BCUT2D eigenvalue weighted by Crippen LogP contribution is 2.21. The Bertz CT molecular complexity index is 490. The minimum absolute atomic E-state index is 0. The van der Waals surface area contributed by atoms with E-state index in [2.05, 4.69) is 77.2 Å². The molecule has 130 valence electrons. The molecule has 1 fully saturated rings. The van der Waals surface area contributed by atoms with E-state index in [0.717, 1.165) is 30.8 Å². The fourth-order valence-corrected chi connectivity index (χ4v) is 3.76. The predicted molar refractivity (Wildman–Crippen MR) is 114 cm³/mol. The number of nitrogens with zero attached hydrogens (tertiary/aromatic N) is 3. The third-order valence-electron chi connectivity index (χ3n) is 4.01. The van der Waals surface area contributed by atoms with Crippen LogP contribution in [0.2, 0.25) is 0 Å². The van der Waals surface area contributed by atoms with E-state index in [-0.39, 0.29) is 24.0 Å². The molecule has 1 N–H and O–H groups in total. The molecule has 6 heteroatoms. The maximum Gasteiger partial charge on any atom is 0.193 e. The Kier molecular flexibility index (Phi) is 9.12. The van der Waals surface area contributed by atoms with Crippen LogP contribution in [-0.4, -0.2) is 56.1 Å². The van der Waals surface area contributed by atoms with Gasteiger partial charge in [0.1, 0.15) is 0 Å². The van der Waals surface area contributed by atoms with Crippen molar-refractivity contribution in [1.82, 2.24) is 10.2 Å². The van der Waals surface area contributed by atoms with Crippen LogP contribution in [0, 0.1) is 0 Å². The summed E-state index contributed by atoms with van der Waals surface area (Å²) in [6.45, 7) is 5.27. The molecule has 1 aliphatic heterocycles. The quantitative estimate of drug-likeness (QED) is 0.435. The van der Waals surface area contributed by atoms with Crippen molar-refractivity contribution in [1.29, 1.82) is 0 Å². The van der Waals surface area contributed by atoms with E-state index in [1.807, 2.05) is 7.05 Å². The van der Waals surface area contributed by atoms with Crippen LogP contribution in [-0.2, 0) is 6.54 Å². The minimum atomic E-state index is 0. The van der Waals surface area contributed by atoms with Crippen molar-refractivity contribution in [3.63, 3.8) is 0 Å². The standard InChI is InChI=1S/C17H28N4S.HI/c1-5-16-13-21(10-11-22-16)17(18-2)19-12-14-6-8-15(9-7-14)20(3)4;/h6-9,16H,5,10-13H2,1-4H3,(H,18,19);1H. The molecule has 0 spiro atoms. The number of anilines is 1. The first-order valence-electron chi connectivity index (χ1n) is 7.97. The van der Waals surface area contributed by atoms with Crippen LogP contribution < -0.4 is 10.2 Å². The fraction of sp³-hybridized carbons (Fsp3) is 0.588. The van der Waals surface area contributed by atoms with Gasteiger partial charge in [-0.3, -0.25) is 4.99 Å². The lowest BCUT2D eigenvalue weighted by Gasteiger charge is -2.34. The molecule has 1 aromatic rings. The van der Waals surface area contributed by atoms with Gasteiger partial charge in [0.2, 0.25) is 0 Å². The molecule has 1 heterocycles. The normalized spacial score (nSPS) is 18.3.